The van der Waals surface area contributed by atoms with Crippen LogP contribution < -0.4 is 4.74 Å². The quantitative estimate of drug-likeness (QED) is 0.339. The minimum atomic E-state index is -3.18. The second-order valence-corrected chi connectivity index (χ2v) is 5.56. The van der Waals surface area contributed by atoms with Gasteiger partial charge in [-0.2, -0.15) is 18.3 Å². The van der Waals surface area contributed by atoms with Crippen LogP contribution in [0.2, 0.25) is 5.02 Å². The third-order valence-electron chi connectivity index (χ3n) is 3.38. The molecule has 1 heterocycles. The lowest BCUT2D eigenvalue weighted by molar-refractivity contribution is -0.0576. The van der Waals surface area contributed by atoms with Gasteiger partial charge in [-0.05, 0) is 29.8 Å². The molecular weight excluding hydrogens is 387 g/mol. The molecule has 6 nitrogen and oxygen atoms in total. The van der Waals surface area contributed by atoms with E-state index in [0.29, 0.717) is 21.7 Å². The molecule has 0 atom stereocenters. The zero-order valence-corrected chi connectivity index (χ0v) is 15.6. The summed E-state index contributed by atoms with van der Waals surface area (Å²) in [4.78, 5) is 4.58. The summed E-state index contributed by atoms with van der Waals surface area (Å²) in [6.07, 6.45) is 0. The smallest absolute Gasteiger partial charge is 0.388 e. The van der Waals surface area contributed by atoms with Crippen LogP contribution >= 0.6 is 11.6 Å². The number of hydrogen-bond acceptors (Lipinski definition) is 5. The van der Waals surface area contributed by atoms with E-state index in [1.165, 1.54) is 27.3 Å². The molecule has 0 aliphatic heterocycles. The van der Waals surface area contributed by atoms with Crippen LogP contribution in [0.5, 0.6) is 5.88 Å². The van der Waals surface area contributed by atoms with Crippen LogP contribution in [0.1, 0.15) is 11.1 Å². The van der Waals surface area contributed by atoms with Crippen molar-refractivity contribution in [2.24, 2.45) is 12.2 Å². The van der Waals surface area contributed by atoms with E-state index < -0.39 is 18.3 Å². The summed E-state index contributed by atoms with van der Waals surface area (Å²) >= 11 is 6.18. The van der Waals surface area contributed by atoms with E-state index in [9.17, 15) is 13.2 Å². The number of oxime groups is 1. The van der Waals surface area contributed by atoms with Crippen LogP contribution in [0.25, 0.3) is 11.3 Å². The number of halogens is 4. The number of aryl methyl sites for hydroxylation is 2. The summed E-state index contributed by atoms with van der Waals surface area (Å²) in [5.41, 5.74) is 1.06. The van der Waals surface area contributed by atoms with Crippen LogP contribution in [0, 0.1) is 24.6 Å². The molecular formula is C17H15ClF3N3O3. The van der Waals surface area contributed by atoms with Crippen molar-refractivity contribution in [3.8, 4) is 29.0 Å². The van der Waals surface area contributed by atoms with Crippen molar-refractivity contribution in [3.05, 3.63) is 34.1 Å². The first kappa shape index (κ1) is 20.5. The monoisotopic (exact) mass is 401 g/mol. The summed E-state index contributed by atoms with van der Waals surface area (Å²) in [5.74, 6) is 3.66. The van der Waals surface area contributed by atoms with E-state index in [2.05, 4.69) is 31.7 Å². The van der Waals surface area contributed by atoms with Crippen LogP contribution in [-0.2, 0) is 16.6 Å². The largest absolute Gasteiger partial charge is 0.473 e. The van der Waals surface area contributed by atoms with Crippen molar-refractivity contribution in [3.63, 3.8) is 0 Å². The average Bonchev–Trinajstić information content (AvgIpc) is 2.87. The Morgan fingerprint density at radius 2 is 2.04 bits per heavy atom. The molecule has 144 valence electrons. The Labute approximate surface area is 158 Å². The molecule has 0 radical (unpaired) electrons. The molecule has 2 rings (SSSR count). The maximum atomic E-state index is 14.6. The fourth-order valence-corrected chi connectivity index (χ4v) is 2.47. The van der Waals surface area contributed by atoms with E-state index in [1.54, 1.807) is 13.0 Å². The summed E-state index contributed by atoms with van der Waals surface area (Å²) in [5, 5.41) is 7.79. The van der Waals surface area contributed by atoms with Gasteiger partial charge >= 0.3 is 12.5 Å². The van der Waals surface area contributed by atoms with E-state index in [4.69, 9.17) is 16.3 Å². The lowest BCUT2D eigenvalue weighted by Gasteiger charge is -2.06. The fourth-order valence-electron chi connectivity index (χ4n) is 2.21. The number of ether oxygens (including phenoxy) is 2. The van der Waals surface area contributed by atoms with E-state index in [-0.39, 0.29) is 11.6 Å². The Morgan fingerprint density at radius 3 is 2.63 bits per heavy atom. The first-order valence-electron chi connectivity index (χ1n) is 7.43. The first-order chi connectivity index (χ1) is 12.8. The molecule has 10 heteroatoms. The predicted molar refractivity (Wildman–Crippen MR) is 93.3 cm³/mol. The van der Waals surface area contributed by atoms with E-state index in [1.807, 2.05) is 0 Å². The number of benzene rings is 1. The zero-order valence-electron chi connectivity index (χ0n) is 14.8. The minimum absolute atomic E-state index is 0.00679. The van der Waals surface area contributed by atoms with Gasteiger partial charge in [0.15, 0.2) is 0 Å². The molecule has 0 N–H and O–H groups in total. The fraction of sp³-hybridized carbons (Fsp3) is 0.294. The van der Waals surface area contributed by atoms with Crippen molar-refractivity contribution in [2.75, 3.05) is 14.2 Å². The topological polar surface area (TPSA) is 57.9 Å². The second kappa shape index (κ2) is 8.68. The summed E-state index contributed by atoms with van der Waals surface area (Å²) in [6.45, 7) is -1.50. The number of hydrogen-bond donors (Lipinski definition) is 0. The highest BCUT2D eigenvalue weighted by atomic mass is 35.5. The third-order valence-corrected chi connectivity index (χ3v) is 3.69. The molecule has 0 fully saturated rings. The molecule has 0 bridgehead atoms. The standard InChI is InChI=1S/C17H15ClF3N3O3/c1-9-7-12(18)10(5-6-13(25-3)23-26-4)8-11(9)15-14(19)16(24(2)22-15)27-17(20)21/h7-8,17H,1-4H3/b23-13-. The van der Waals surface area contributed by atoms with Gasteiger partial charge in [-0.1, -0.05) is 17.5 Å². The molecule has 2 aromatic rings. The lowest BCUT2D eigenvalue weighted by Crippen LogP contribution is -2.07. The third kappa shape index (κ3) is 4.65. The zero-order chi connectivity index (χ0) is 20.1. The Morgan fingerprint density at radius 1 is 1.33 bits per heavy atom. The lowest BCUT2D eigenvalue weighted by atomic mass is 10.0. The first-order valence-corrected chi connectivity index (χ1v) is 7.81. The van der Waals surface area contributed by atoms with Gasteiger partial charge in [-0.15, -0.1) is 0 Å². The van der Waals surface area contributed by atoms with Crippen molar-refractivity contribution >= 4 is 17.5 Å². The van der Waals surface area contributed by atoms with Gasteiger partial charge in [0.1, 0.15) is 12.8 Å². The van der Waals surface area contributed by atoms with Crippen molar-refractivity contribution in [2.45, 2.75) is 13.5 Å². The Bertz CT molecular complexity index is 933. The highest BCUT2D eigenvalue weighted by Crippen LogP contribution is 2.33. The van der Waals surface area contributed by atoms with Gasteiger partial charge in [-0.25, -0.2) is 4.68 Å². The molecule has 1 aromatic heterocycles. The molecule has 0 saturated heterocycles. The Balaban J connectivity index is 2.54. The van der Waals surface area contributed by atoms with Gasteiger partial charge in [0.2, 0.25) is 5.82 Å². The van der Waals surface area contributed by atoms with Crippen LogP contribution in [0.3, 0.4) is 0 Å². The van der Waals surface area contributed by atoms with Gasteiger partial charge < -0.3 is 14.3 Å². The maximum absolute atomic E-state index is 14.6. The van der Waals surface area contributed by atoms with E-state index in [0.717, 1.165) is 4.68 Å². The van der Waals surface area contributed by atoms with Crippen LogP contribution in [0.15, 0.2) is 17.3 Å². The second-order valence-electron chi connectivity index (χ2n) is 5.15. The number of methoxy groups -OCH3 is 1. The SMILES string of the molecule is CO/N=C(/C#Cc1cc(-c2nn(C)c(OC(F)F)c2F)c(C)cc1Cl)OC. The van der Waals surface area contributed by atoms with Gasteiger partial charge in [-0.3, -0.25) is 0 Å². The van der Waals surface area contributed by atoms with Crippen molar-refractivity contribution in [1.82, 2.24) is 9.78 Å². The summed E-state index contributed by atoms with van der Waals surface area (Å²) in [6, 6.07) is 3.05. The Kier molecular flexibility index (Phi) is 6.58. The average molecular weight is 402 g/mol. The molecule has 0 aliphatic rings. The molecule has 0 spiro atoms. The normalized spacial score (nSPS) is 11.2. The number of alkyl halides is 2. The van der Waals surface area contributed by atoms with Crippen LogP contribution in [-0.4, -0.2) is 36.5 Å². The minimum Gasteiger partial charge on any atom is -0.473 e. The number of aromatic nitrogens is 2. The van der Waals surface area contributed by atoms with Crippen molar-refractivity contribution < 1.29 is 27.5 Å². The maximum Gasteiger partial charge on any atom is 0.388 e. The van der Waals surface area contributed by atoms with Crippen molar-refractivity contribution in [1.29, 1.82) is 0 Å². The van der Waals surface area contributed by atoms with Gasteiger partial charge in [0.05, 0.1) is 12.1 Å². The molecule has 0 unspecified atom stereocenters. The predicted octanol–water partition coefficient (Wildman–Crippen LogP) is 3.75. The highest BCUT2D eigenvalue weighted by molar-refractivity contribution is 6.32. The molecule has 0 aliphatic carbocycles. The number of nitrogens with zero attached hydrogens (tertiary/aromatic N) is 3. The summed E-state index contributed by atoms with van der Waals surface area (Å²) in [7, 11) is 3.99. The van der Waals surface area contributed by atoms with Crippen LogP contribution in [0.4, 0.5) is 13.2 Å². The molecule has 1 aromatic carbocycles. The Hall–Kier alpha value is -2.86. The van der Waals surface area contributed by atoms with Gasteiger partial charge in [0, 0.05) is 24.1 Å². The highest BCUT2D eigenvalue weighted by Gasteiger charge is 2.23. The molecule has 0 saturated carbocycles. The van der Waals surface area contributed by atoms with Gasteiger partial charge in [0.25, 0.3) is 5.88 Å². The van der Waals surface area contributed by atoms with E-state index >= 15 is 0 Å². The molecule has 0 amide bonds. The summed E-state index contributed by atoms with van der Waals surface area (Å²) < 4.78 is 49.5. The number of rotatable bonds is 4. The molecule has 27 heavy (non-hydrogen) atoms.